The first-order chi connectivity index (χ1) is 6.32. The number of anilines is 1. The maximum Gasteiger partial charge on any atom is 0.133 e. The lowest BCUT2D eigenvalue weighted by molar-refractivity contribution is 0.271. The molecule has 1 N–H and O–H groups in total. The van der Waals surface area contributed by atoms with Crippen LogP contribution >= 0.6 is 0 Å². The van der Waals surface area contributed by atoms with Crippen LogP contribution in [-0.2, 0) is 5.41 Å². The van der Waals surface area contributed by atoms with Crippen molar-refractivity contribution in [1.29, 1.82) is 0 Å². The minimum Gasteiger partial charge on any atom is -0.369 e. The van der Waals surface area contributed by atoms with Crippen LogP contribution in [0.1, 0.15) is 26.2 Å². The van der Waals surface area contributed by atoms with Gasteiger partial charge in [0.15, 0.2) is 0 Å². The van der Waals surface area contributed by atoms with Crippen LogP contribution in [0.25, 0.3) is 0 Å². The molecule has 0 saturated heterocycles. The first kappa shape index (κ1) is 5.51. The van der Waals surface area contributed by atoms with Gasteiger partial charge in [-0.3, -0.25) is 0 Å². The summed E-state index contributed by atoms with van der Waals surface area (Å²) in [6.07, 6.45) is 5.52. The van der Waals surface area contributed by atoms with Gasteiger partial charge in [0.1, 0.15) is 12.1 Å². The highest BCUT2D eigenvalue weighted by Gasteiger charge is 2.44. The van der Waals surface area contributed by atoms with Crippen molar-refractivity contribution in [2.75, 3.05) is 11.9 Å². The van der Waals surface area contributed by atoms with Gasteiger partial charge in [-0.05, 0) is 12.8 Å². The van der Waals surface area contributed by atoms with Gasteiger partial charge in [0.05, 0.1) is 1.37 Å². The average Bonchev–Trinajstić information content (AvgIpc) is 2.44. The predicted molar refractivity (Wildman–Crippen MR) is 46.1 cm³/mol. The maximum absolute atomic E-state index is 7.75. The number of nitrogens with zero attached hydrogens (tertiary/aromatic N) is 2. The third-order valence-electron chi connectivity index (χ3n) is 3.09. The first-order valence-corrected chi connectivity index (χ1v) is 4.38. The van der Waals surface area contributed by atoms with E-state index < -0.39 is 0 Å². The normalized spacial score (nSPS) is 24.2. The summed E-state index contributed by atoms with van der Waals surface area (Å²) in [7, 11) is 0. The molecule has 3 nitrogen and oxygen atoms in total. The van der Waals surface area contributed by atoms with Crippen molar-refractivity contribution < 1.29 is 1.37 Å². The zero-order valence-electron chi connectivity index (χ0n) is 7.80. The van der Waals surface area contributed by atoms with Gasteiger partial charge in [0, 0.05) is 23.7 Å². The Morgan fingerprint density at radius 2 is 2.50 bits per heavy atom. The standard InChI is InChI=1S/C9H11N3/c1-2-9(3-1)5-11-8-7(9)4-10-6-12-8/h4,6H,1-3,5H2,(H,10,11,12)/i4D. The molecule has 1 aliphatic heterocycles. The van der Waals surface area contributed by atoms with E-state index in [1.54, 1.807) is 0 Å². The molecule has 3 rings (SSSR count). The topological polar surface area (TPSA) is 37.8 Å². The molecule has 2 aliphatic rings. The Labute approximate surface area is 72.6 Å². The molecule has 0 atom stereocenters. The summed E-state index contributed by atoms with van der Waals surface area (Å²) in [5.41, 5.74) is 1.27. The summed E-state index contributed by atoms with van der Waals surface area (Å²) in [6, 6.07) is 0. The van der Waals surface area contributed by atoms with Gasteiger partial charge in [-0.25, -0.2) is 9.97 Å². The highest BCUT2D eigenvalue weighted by molar-refractivity contribution is 5.54. The van der Waals surface area contributed by atoms with E-state index in [0.717, 1.165) is 17.9 Å². The molecule has 1 aliphatic carbocycles. The number of hydrogen-bond donors (Lipinski definition) is 1. The van der Waals surface area contributed by atoms with Crippen molar-refractivity contribution in [1.82, 2.24) is 9.97 Å². The molecule has 1 fully saturated rings. The van der Waals surface area contributed by atoms with Crippen LogP contribution in [0, 0.1) is 0 Å². The molecule has 12 heavy (non-hydrogen) atoms. The van der Waals surface area contributed by atoms with Gasteiger partial charge in [0.25, 0.3) is 0 Å². The molecular formula is C9H11N3. The summed E-state index contributed by atoms with van der Waals surface area (Å²) in [5.74, 6) is 0.889. The van der Waals surface area contributed by atoms with Crippen molar-refractivity contribution in [3.63, 3.8) is 0 Å². The number of fused-ring (bicyclic) bond motifs is 2. The van der Waals surface area contributed by atoms with Crippen LogP contribution in [0.2, 0.25) is 0 Å². The van der Waals surface area contributed by atoms with Crippen LogP contribution in [0.3, 0.4) is 0 Å². The Morgan fingerprint density at radius 1 is 1.58 bits per heavy atom. The lowest BCUT2D eigenvalue weighted by atomic mass is 9.66. The molecule has 3 heteroatoms. The highest BCUT2D eigenvalue weighted by atomic mass is 15.1. The molecule has 1 spiro atoms. The molecule has 2 heterocycles. The molecule has 1 aromatic heterocycles. The van der Waals surface area contributed by atoms with E-state index in [1.807, 2.05) is 0 Å². The Bertz CT molecular complexity index is 360. The molecule has 0 amide bonds. The largest absolute Gasteiger partial charge is 0.369 e. The van der Waals surface area contributed by atoms with E-state index in [9.17, 15) is 0 Å². The smallest absolute Gasteiger partial charge is 0.133 e. The number of rotatable bonds is 0. The zero-order valence-corrected chi connectivity index (χ0v) is 6.80. The maximum atomic E-state index is 7.75. The summed E-state index contributed by atoms with van der Waals surface area (Å²) in [4.78, 5) is 8.10. The van der Waals surface area contributed by atoms with Gasteiger partial charge >= 0.3 is 0 Å². The van der Waals surface area contributed by atoms with Crippen molar-refractivity contribution in [3.05, 3.63) is 18.1 Å². The van der Waals surface area contributed by atoms with Crippen molar-refractivity contribution in [2.45, 2.75) is 24.7 Å². The summed E-state index contributed by atoms with van der Waals surface area (Å²) < 4.78 is 7.75. The van der Waals surface area contributed by atoms with Crippen LogP contribution in [0.4, 0.5) is 5.82 Å². The second kappa shape index (κ2) is 1.97. The zero-order chi connectivity index (χ0) is 8.89. The second-order valence-corrected chi connectivity index (χ2v) is 3.70. The van der Waals surface area contributed by atoms with Crippen molar-refractivity contribution in [3.8, 4) is 0 Å². The molecule has 0 unspecified atom stereocenters. The highest BCUT2D eigenvalue weighted by Crippen LogP contribution is 2.48. The minimum absolute atomic E-state index is 0.216. The monoisotopic (exact) mass is 162 g/mol. The third kappa shape index (κ3) is 0.618. The fourth-order valence-electron chi connectivity index (χ4n) is 2.17. The van der Waals surface area contributed by atoms with Gasteiger partial charge in [-0.15, -0.1) is 0 Å². The van der Waals surface area contributed by atoms with E-state index in [0.29, 0.717) is 6.17 Å². The Balaban J connectivity index is 2.19. The minimum atomic E-state index is 0.216. The molecular weight excluding hydrogens is 150 g/mol. The number of hydrogen-bond acceptors (Lipinski definition) is 3. The Kier molecular flexibility index (Phi) is 0.906. The van der Waals surface area contributed by atoms with E-state index in [2.05, 4.69) is 15.3 Å². The quantitative estimate of drug-likeness (QED) is 0.625. The predicted octanol–water partition coefficient (Wildman–Crippen LogP) is 1.32. The van der Waals surface area contributed by atoms with E-state index in [-0.39, 0.29) is 5.41 Å². The molecule has 0 aromatic carbocycles. The summed E-state index contributed by atoms with van der Waals surface area (Å²) in [6.45, 7) is 0.951. The van der Waals surface area contributed by atoms with Gasteiger partial charge < -0.3 is 5.32 Å². The van der Waals surface area contributed by atoms with Crippen LogP contribution in [-0.4, -0.2) is 16.5 Å². The van der Waals surface area contributed by atoms with Crippen molar-refractivity contribution >= 4 is 5.82 Å². The first-order valence-electron chi connectivity index (χ1n) is 4.88. The SMILES string of the molecule is [2H]c1ncnc2c1C1(CCC1)CN2. The molecule has 1 aromatic rings. The van der Waals surface area contributed by atoms with Gasteiger partial charge in [0.2, 0.25) is 0 Å². The number of aromatic nitrogens is 2. The number of nitrogens with one attached hydrogen (secondary N) is 1. The summed E-state index contributed by atoms with van der Waals surface area (Å²) in [5, 5.41) is 3.26. The lowest BCUT2D eigenvalue weighted by Gasteiger charge is -2.37. The fraction of sp³-hybridized carbons (Fsp3) is 0.556. The molecule has 1 saturated carbocycles. The van der Waals surface area contributed by atoms with Crippen LogP contribution in [0.15, 0.2) is 12.5 Å². The van der Waals surface area contributed by atoms with E-state index in [1.165, 1.54) is 25.6 Å². The Hall–Kier alpha value is -1.12. The summed E-state index contributed by atoms with van der Waals surface area (Å²) >= 11 is 0. The lowest BCUT2D eigenvalue weighted by Crippen LogP contribution is -2.35. The van der Waals surface area contributed by atoms with Crippen LogP contribution in [0.5, 0.6) is 0 Å². The third-order valence-corrected chi connectivity index (χ3v) is 3.09. The molecule has 0 radical (unpaired) electrons. The van der Waals surface area contributed by atoms with E-state index >= 15 is 0 Å². The fourth-order valence-corrected chi connectivity index (χ4v) is 2.17. The van der Waals surface area contributed by atoms with Gasteiger partial charge in [-0.1, -0.05) is 6.42 Å². The van der Waals surface area contributed by atoms with Crippen LogP contribution < -0.4 is 5.32 Å². The molecule has 62 valence electrons. The Morgan fingerprint density at radius 3 is 3.25 bits per heavy atom. The second-order valence-electron chi connectivity index (χ2n) is 3.70. The molecule has 0 bridgehead atoms. The van der Waals surface area contributed by atoms with Crippen molar-refractivity contribution in [2.24, 2.45) is 0 Å². The van der Waals surface area contributed by atoms with Gasteiger partial charge in [-0.2, -0.15) is 0 Å². The van der Waals surface area contributed by atoms with E-state index in [4.69, 9.17) is 1.37 Å². The average molecular weight is 162 g/mol.